The molecule has 0 aromatic heterocycles. The van der Waals surface area contributed by atoms with E-state index in [9.17, 15) is 14.4 Å². The zero-order valence-corrected chi connectivity index (χ0v) is 12.6. The van der Waals surface area contributed by atoms with E-state index in [1.165, 1.54) is 6.07 Å². The van der Waals surface area contributed by atoms with Crippen molar-refractivity contribution in [2.24, 2.45) is 0 Å². The first-order valence-corrected chi connectivity index (χ1v) is 7.39. The Morgan fingerprint density at radius 2 is 2.05 bits per heavy atom. The normalized spacial score (nSPS) is 15.3. The molecule has 1 saturated heterocycles. The number of carbonyl (C=O) groups is 3. The number of nitrogens with zero attached hydrogens (tertiary/aromatic N) is 1. The summed E-state index contributed by atoms with van der Waals surface area (Å²) in [4.78, 5) is 36.4. The first-order valence-electron chi connectivity index (χ1n) is 7.39. The SMILES string of the molecule is Cc1cc(NC(=O)CN2CCCCCC2=O)ccc1C(=O)O. The van der Waals surface area contributed by atoms with Gasteiger partial charge in [-0.2, -0.15) is 0 Å². The van der Waals surface area contributed by atoms with Gasteiger partial charge in [0, 0.05) is 18.7 Å². The highest BCUT2D eigenvalue weighted by atomic mass is 16.4. The lowest BCUT2D eigenvalue weighted by Gasteiger charge is -2.19. The minimum atomic E-state index is -0.995. The number of benzene rings is 1. The molecule has 0 saturated carbocycles. The molecule has 1 aromatic carbocycles. The Labute approximate surface area is 129 Å². The fourth-order valence-corrected chi connectivity index (χ4v) is 2.56. The quantitative estimate of drug-likeness (QED) is 0.891. The lowest BCUT2D eigenvalue weighted by Crippen LogP contribution is -2.37. The number of carboxylic acid groups (broad SMARTS) is 1. The number of likely N-dealkylation sites (tertiary alicyclic amines) is 1. The fraction of sp³-hybridized carbons (Fsp3) is 0.438. The van der Waals surface area contributed by atoms with Gasteiger partial charge in [-0.05, 0) is 43.5 Å². The summed E-state index contributed by atoms with van der Waals surface area (Å²) in [5, 5.41) is 11.7. The van der Waals surface area contributed by atoms with Gasteiger partial charge < -0.3 is 15.3 Å². The zero-order valence-electron chi connectivity index (χ0n) is 12.6. The maximum atomic E-state index is 12.0. The summed E-state index contributed by atoms with van der Waals surface area (Å²) >= 11 is 0. The Hall–Kier alpha value is -2.37. The predicted octanol–water partition coefficient (Wildman–Crippen LogP) is 2.03. The third-order valence-corrected chi connectivity index (χ3v) is 3.75. The Morgan fingerprint density at radius 1 is 1.27 bits per heavy atom. The maximum Gasteiger partial charge on any atom is 0.335 e. The molecule has 6 nitrogen and oxygen atoms in total. The van der Waals surface area contributed by atoms with E-state index in [-0.39, 0.29) is 23.9 Å². The highest BCUT2D eigenvalue weighted by Gasteiger charge is 2.19. The summed E-state index contributed by atoms with van der Waals surface area (Å²) in [5.41, 5.74) is 1.33. The molecular weight excluding hydrogens is 284 g/mol. The van der Waals surface area contributed by atoms with Gasteiger partial charge in [-0.25, -0.2) is 4.79 Å². The number of aryl methyl sites for hydroxylation is 1. The summed E-state index contributed by atoms with van der Waals surface area (Å²) in [7, 11) is 0. The predicted molar refractivity (Wildman–Crippen MR) is 81.8 cm³/mol. The van der Waals surface area contributed by atoms with Gasteiger partial charge in [0.15, 0.2) is 0 Å². The van der Waals surface area contributed by atoms with Crippen LogP contribution in [0.3, 0.4) is 0 Å². The molecule has 0 unspecified atom stereocenters. The van der Waals surface area contributed by atoms with Gasteiger partial charge in [0.05, 0.1) is 12.1 Å². The van der Waals surface area contributed by atoms with Crippen LogP contribution in [0.2, 0.25) is 0 Å². The second-order valence-corrected chi connectivity index (χ2v) is 5.51. The van der Waals surface area contributed by atoms with Crippen LogP contribution in [-0.4, -0.2) is 40.9 Å². The van der Waals surface area contributed by atoms with Crippen LogP contribution in [0.15, 0.2) is 18.2 Å². The van der Waals surface area contributed by atoms with E-state index in [0.717, 1.165) is 19.3 Å². The second-order valence-electron chi connectivity index (χ2n) is 5.51. The van der Waals surface area contributed by atoms with Crippen LogP contribution in [-0.2, 0) is 9.59 Å². The summed E-state index contributed by atoms with van der Waals surface area (Å²) in [6, 6.07) is 4.63. The van der Waals surface area contributed by atoms with Crippen molar-refractivity contribution in [1.29, 1.82) is 0 Å². The first kappa shape index (κ1) is 16.0. The number of carbonyl (C=O) groups excluding carboxylic acids is 2. The minimum Gasteiger partial charge on any atom is -0.478 e. The third kappa shape index (κ3) is 4.07. The Balaban J connectivity index is 1.98. The van der Waals surface area contributed by atoms with Gasteiger partial charge in [-0.1, -0.05) is 6.42 Å². The molecule has 1 aliphatic heterocycles. The molecule has 0 bridgehead atoms. The summed E-state index contributed by atoms with van der Waals surface area (Å²) in [6.07, 6.45) is 3.32. The highest BCUT2D eigenvalue weighted by Crippen LogP contribution is 2.16. The van der Waals surface area contributed by atoms with Crippen LogP contribution in [0.1, 0.15) is 41.6 Å². The summed E-state index contributed by atoms with van der Waals surface area (Å²) in [6.45, 7) is 2.33. The summed E-state index contributed by atoms with van der Waals surface area (Å²) < 4.78 is 0. The number of hydrogen-bond acceptors (Lipinski definition) is 3. The van der Waals surface area contributed by atoms with Crippen molar-refractivity contribution in [2.75, 3.05) is 18.4 Å². The summed E-state index contributed by atoms with van der Waals surface area (Å²) in [5.74, 6) is -1.24. The van der Waals surface area contributed by atoms with Crippen LogP contribution in [0, 0.1) is 6.92 Å². The molecular formula is C16H20N2O4. The molecule has 6 heteroatoms. The van der Waals surface area contributed by atoms with Crippen molar-refractivity contribution in [3.8, 4) is 0 Å². The highest BCUT2D eigenvalue weighted by molar-refractivity contribution is 5.96. The second kappa shape index (κ2) is 7.06. The van der Waals surface area contributed by atoms with Crippen molar-refractivity contribution in [2.45, 2.75) is 32.6 Å². The van der Waals surface area contributed by atoms with Crippen LogP contribution in [0.5, 0.6) is 0 Å². The molecule has 0 aliphatic carbocycles. The number of amides is 2. The topological polar surface area (TPSA) is 86.7 Å². The van der Waals surface area contributed by atoms with E-state index in [2.05, 4.69) is 5.32 Å². The molecule has 2 amide bonds. The van der Waals surface area contributed by atoms with Gasteiger partial charge >= 0.3 is 5.97 Å². The van der Waals surface area contributed by atoms with Gasteiger partial charge in [0.25, 0.3) is 0 Å². The molecule has 118 valence electrons. The van der Waals surface area contributed by atoms with Crippen molar-refractivity contribution in [3.05, 3.63) is 29.3 Å². The van der Waals surface area contributed by atoms with Gasteiger partial charge in [-0.15, -0.1) is 0 Å². The number of anilines is 1. The molecule has 2 N–H and O–H groups in total. The van der Waals surface area contributed by atoms with Crippen LogP contribution >= 0.6 is 0 Å². The third-order valence-electron chi connectivity index (χ3n) is 3.75. The molecule has 1 heterocycles. The molecule has 1 aliphatic rings. The van der Waals surface area contributed by atoms with E-state index in [0.29, 0.717) is 24.2 Å². The number of hydrogen-bond donors (Lipinski definition) is 2. The smallest absolute Gasteiger partial charge is 0.335 e. The van der Waals surface area contributed by atoms with Crippen LogP contribution in [0.25, 0.3) is 0 Å². The molecule has 1 aromatic rings. The van der Waals surface area contributed by atoms with E-state index < -0.39 is 5.97 Å². The van der Waals surface area contributed by atoms with Crippen LogP contribution < -0.4 is 5.32 Å². The maximum absolute atomic E-state index is 12.0. The van der Waals surface area contributed by atoms with Gasteiger partial charge in [0.1, 0.15) is 0 Å². The Morgan fingerprint density at radius 3 is 2.73 bits per heavy atom. The number of carboxylic acids is 1. The van der Waals surface area contributed by atoms with Crippen molar-refractivity contribution in [3.63, 3.8) is 0 Å². The lowest BCUT2D eigenvalue weighted by atomic mass is 10.1. The average molecular weight is 304 g/mol. The largest absolute Gasteiger partial charge is 0.478 e. The fourth-order valence-electron chi connectivity index (χ4n) is 2.56. The van der Waals surface area contributed by atoms with Crippen molar-refractivity contribution < 1.29 is 19.5 Å². The number of nitrogens with one attached hydrogen (secondary N) is 1. The molecule has 2 rings (SSSR count). The standard InChI is InChI=1S/C16H20N2O4/c1-11-9-12(6-7-13(11)16(21)22)17-14(19)10-18-8-4-2-3-5-15(18)20/h6-7,9H,2-5,8,10H2,1H3,(H,17,19)(H,21,22). The Kier molecular flexibility index (Phi) is 5.14. The van der Waals surface area contributed by atoms with E-state index in [4.69, 9.17) is 5.11 Å². The van der Waals surface area contributed by atoms with Gasteiger partial charge in [-0.3, -0.25) is 9.59 Å². The molecule has 1 fully saturated rings. The zero-order chi connectivity index (χ0) is 16.1. The van der Waals surface area contributed by atoms with E-state index in [1.54, 1.807) is 24.0 Å². The number of rotatable bonds is 4. The van der Waals surface area contributed by atoms with Gasteiger partial charge in [0.2, 0.25) is 11.8 Å². The van der Waals surface area contributed by atoms with E-state index in [1.807, 2.05) is 0 Å². The monoisotopic (exact) mass is 304 g/mol. The molecule has 22 heavy (non-hydrogen) atoms. The Bertz CT molecular complexity index is 598. The minimum absolute atomic E-state index is 0.0186. The first-order chi connectivity index (χ1) is 10.5. The number of aromatic carboxylic acids is 1. The molecule has 0 radical (unpaired) electrons. The van der Waals surface area contributed by atoms with Crippen molar-refractivity contribution in [1.82, 2.24) is 4.90 Å². The van der Waals surface area contributed by atoms with Crippen LogP contribution in [0.4, 0.5) is 5.69 Å². The van der Waals surface area contributed by atoms with E-state index >= 15 is 0 Å². The molecule has 0 spiro atoms. The molecule has 0 atom stereocenters. The van der Waals surface area contributed by atoms with Crippen molar-refractivity contribution >= 4 is 23.5 Å². The average Bonchev–Trinajstić information content (AvgIpc) is 2.63. The lowest BCUT2D eigenvalue weighted by molar-refractivity contribution is -0.134.